The summed E-state index contributed by atoms with van der Waals surface area (Å²) in [5, 5.41) is 8.63. The summed E-state index contributed by atoms with van der Waals surface area (Å²) in [6.07, 6.45) is -4.55. The molecule has 9 heteroatoms. The van der Waals surface area contributed by atoms with Crippen LogP contribution in [-0.2, 0) is 6.18 Å². The van der Waals surface area contributed by atoms with Crippen LogP contribution in [0, 0.1) is 5.82 Å². The lowest BCUT2D eigenvalue weighted by Gasteiger charge is -2.08. The van der Waals surface area contributed by atoms with Gasteiger partial charge < -0.3 is 0 Å². The minimum atomic E-state index is -4.55. The summed E-state index contributed by atoms with van der Waals surface area (Å²) in [6, 6.07) is 9.40. The number of nitrogens with one attached hydrogen (secondary N) is 2. The molecule has 0 aliphatic heterocycles. The number of carbonyl (C=O) groups is 1. The smallest absolute Gasteiger partial charge is 0.289 e. The van der Waals surface area contributed by atoms with E-state index in [-0.39, 0.29) is 17.3 Å². The van der Waals surface area contributed by atoms with Crippen LogP contribution in [0.3, 0.4) is 0 Å². The molecule has 2 N–H and O–H groups in total. The van der Waals surface area contributed by atoms with Gasteiger partial charge in [-0.1, -0.05) is 6.07 Å². The first-order chi connectivity index (χ1) is 11.8. The van der Waals surface area contributed by atoms with Crippen molar-refractivity contribution in [2.24, 2.45) is 0 Å². The molecule has 0 unspecified atom stereocenters. The van der Waals surface area contributed by atoms with Gasteiger partial charge in [-0.15, -0.1) is 5.10 Å². The topological polar surface area (TPSA) is 70.7 Å². The first kappa shape index (κ1) is 16.6. The van der Waals surface area contributed by atoms with Gasteiger partial charge in [0.1, 0.15) is 5.82 Å². The summed E-state index contributed by atoms with van der Waals surface area (Å²) in [4.78, 5) is 16.1. The van der Waals surface area contributed by atoms with Gasteiger partial charge in [-0.3, -0.25) is 15.2 Å². The summed E-state index contributed by atoms with van der Waals surface area (Å²) >= 11 is 0. The summed E-state index contributed by atoms with van der Waals surface area (Å²) < 4.78 is 51.0. The second-order valence-electron chi connectivity index (χ2n) is 5.05. The van der Waals surface area contributed by atoms with Crippen LogP contribution in [0.5, 0.6) is 0 Å². The molecular formula is C16H10F4N4O. The maximum absolute atomic E-state index is 12.9. The van der Waals surface area contributed by atoms with Gasteiger partial charge in [0, 0.05) is 11.1 Å². The lowest BCUT2D eigenvalue weighted by atomic mass is 10.1. The Kier molecular flexibility index (Phi) is 4.22. The van der Waals surface area contributed by atoms with E-state index in [1.165, 1.54) is 30.3 Å². The standard InChI is InChI=1S/C16H10F4N4O/c17-12-6-4-9(5-7-12)13-21-15(24-23-13)22-14(25)10-2-1-3-11(8-10)16(18,19)20/h1-8H,(H2,21,22,23,24,25). The number of H-pyrrole nitrogens is 1. The molecule has 1 amide bonds. The van der Waals surface area contributed by atoms with Crippen molar-refractivity contribution in [3.8, 4) is 11.4 Å². The van der Waals surface area contributed by atoms with Gasteiger partial charge in [0.05, 0.1) is 5.56 Å². The van der Waals surface area contributed by atoms with Gasteiger partial charge in [0.25, 0.3) is 5.91 Å². The van der Waals surface area contributed by atoms with Crippen LogP contribution in [0.1, 0.15) is 15.9 Å². The Bertz CT molecular complexity index is 903. The molecule has 0 saturated carbocycles. The predicted octanol–water partition coefficient (Wildman–Crippen LogP) is 3.88. The van der Waals surface area contributed by atoms with Crippen LogP contribution in [0.4, 0.5) is 23.5 Å². The van der Waals surface area contributed by atoms with Gasteiger partial charge in [-0.05, 0) is 42.5 Å². The molecule has 0 spiro atoms. The molecule has 3 rings (SSSR count). The average Bonchev–Trinajstić information content (AvgIpc) is 3.03. The van der Waals surface area contributed by atoms with Crippen molar-refractivity contribution in [3.05, 3.63) is 65.5 Å². The molecule has 1 heterocycles. The zero-order valence-electron chi connectivity index (χ0n) is 12.4. The Hall–Kier alpha value is -3.23. The highest BCUT2D eigenvalue weighted by molar-refractivity contribution is 6.03. The Morgan fingerprint density at radius 2 is 1.80 bits per heavy atom. The highest BCUT2D eigenvalue weighted by Gasteiger charge is 2.31. The number of aromatic nitrogens is 3. The number of amides is 1. The Balaban J connectivity index is 1.77. The SMILES string of the molecule is O=C(Nc1n[nH]c(-c2ccc(F)cc2)n1)c1cccc(C(F)(F)F)c1. The minimum Gasteiger partial charge on any atom is -0.289 e. The molecule has 0 bridgehead atoms. The summed E-state index contributed by atoms with van der Waals surface area (Å²) in [7, 11) is 0. The molecule has 1 aromatic heterocycles. The van der Waals surface area contributed by atoms with Crippen molar-refractivity contribution in [2.75, 3.05) is 5.32 Å². The fourth-order valence-electron chi connectivity index (χ4n) is 2.07. The summed E-state index contributed by atoms with van der Waals surface area (Å²) in [6.45, 7) is 0. The van der Waals surface area contributed by atoms with E-state index in [1.54, 1.807) is 0 Å². The lowest BCUT2D eigenvalue weighted by molar-refractivity contribution is -0.137. The van der Waals surface area contributed by atoms with Crippen molar-refractivity contribution in [1.29, 1.82) is 0 Å². The number of rotatable bonds is 3. The molecule has 0 aliphatic carbocycles. The molecule has 0 fully saturated rings. The van der Waals surface area contributed by atoms with E-state index < -0.39 is 23.5 Å². The van der Waals surface area contributed by atoms with Gasteiger partial charge in [0.2, 0.25) is 5.95 Å². The zero-order valence-corrected chi connectivity index (χ0v) is 12.4. The normalized spacial score (nSPS) is 11.4. The molecule has 2 aromatic carbocycles. The first-order valence-corrected chi connectivity index (χ1v) is 7.00. The predicted molar refractivity (Wildman–Crippen MR) is 81.2 cm³/mol. The molecule has 25 heavy (non-hydrogen) atoms. The molecule has 0 aliphatic rings. The van der Waals surface area contributed by atoms with E-state index in [9.17, 15) is 22.4 Å². The van der Waals surface area contributed by atoms with E-state index in [2.05, 4.69) is 20.5 Å². The third-order valence-electron chi connectivity index (χ3n) is 3.28. The molecule has 0 saturated heterocycles. The largest absolute Gasteiger partial charge is 0.416 e. The lowest BCUT2D eigenvalue weighted by Crippen LogP contribution is -2.14. The summed E-state index contributed by atoms with van der Waals surface area (Å²) in [5.41, 5.74) is -0.571. The number of carbonyl (C=O) groups excluding carboxylic acids is 1. The summed E-state index contributed by atoms with van der Waals surface area (Å²) in [5.74, 6) is -1.03. The number of benzene rings is 2. The van der Waals surface area contributed by atoms with E-state index in [1.807, 2.05) is 0 Å². The van der Waals surface area contributed by atoms with Crippen molar-refractivity contribution in [3.63, 3.8) is 0 Å². The second-order valence-corrected chi connectivity index (χ2v) is 5.05. The third-order valence-corrected chi connectivity index (χ3v) is 3.28. The van der Waals surface area contributed by atoms with Gasteiger partial charge in [-0.25, -0.2) is 4.39 Å². The van der Waals surface area contributed by atoms with Crippen LogP contribution in [0.2, 0.25) is 0 Å². The number of hydrogen-bond donors (Lipinski definition) is 2. The number of halogens is 4. The zero-order chi connectivity index (χ0) is 18.0. The van der Waals surface area contributed by atoms with E-state index >= 15 is 0 Å². The fraction of sp³-hybridized carbons (Fsp3) is 0.0625. The number of hydrogen-bond acceptors (Lipinski definition) is 3. The quantitative estimate of drug-likeness (QED) is 0.704. The van der Waals surface area contributed by atoms with Crippen LogP contribution < -0.4 is 5.32 Å². The maximum atomic E-state index is 12.9. The van der Waals surface area contributed by atoms with Crippen molar-refractivity contribution >= 4 is 11.9 Å². The molecule has 128 valence electrons. The second kappa shape index (κ2) is 6.34. The Morgan fingerprint density at radius 1 is 1.08 bits per heavy atom. The maximum Gasteiger partial charge on any atom is 0.416 e. The number of aromatic amines is 1. The van der Waals surface area contributed by atoms with Gasteiger partial charge >= 0.3 is 6.18 Å². The number of alkyl halides is 3. The van der Waals surface area contributed by atoms with E-state index in [4.69, 9.17) is 0 Å². The van der Waals surface area contributed by atoms with E-state index in [0.717, 1.165) is 18.2 Å². The first-order valence-electron chi connectivity index (χ1n) is 7.00. The van der Waals surface area contributed by atoms with Crippen LogP contribution in [0.25, 0.3) is 11.4 Å². The Labute approximate surface area is 138 Å². The molecule has 0 radical (unpaired) electrons. The number of nitrogens with zero attached hydrogens (tertiary/aromatic N) is 2. The van der Waals surface area contributed by atoms with E-state index in [0.29, 0.717) is 5.56 Å². The van der Waals surface area contributed by atoms with Crippen molar-refractivity contribution in [2.45, 2.75) is 6.18 Å². The van der Waals surface area contributed by atoms with Crippen molar-refractivity contribution in [1.82, 2.24) is 15.2 Å². The van der Waals surface area contributed by atoms with Crippen molar-refractivity contribution < 1.29 is 22.4 Å². The van der Waals surface area contributed by atoms with Crippen LogP contribution in [0.15, 0.2) is 48.5 Å². The molecule has 0 atom stereocenters. The molecule has 3 aromatic rings. The average molecular weight is 350 g/mol. The van der Waals surface area contributed by atoms with Crippen LogP contribution >= 0.6 is 0 Å². The third kappa shape index (κ3) is 3.82. The molecular weight excluding hydrogens is 340 g/mol. The monoisotopic (exact) mass is 350 g/mol. The Morgan fingerprint density at radius 3 is 2.48 bits per heavy atom. The highest BCUT2D eigenvalue weighted by Crippen LogP contribution is 2.29. The molecule has 5 nitrogen and oxygen atoms in total. The fourth-order valence-corrected chi connectivity index (χ4v) is 2.07. The van der Waals surface area contributed by atoms with Gasteiger partial charge in [-0.2, -0.15) is 18.2 Å². The number of anilines is 1. The minimum absolute atomic E-state index is 0.110. The highest BCUT2D eigenvalue weighted by atomic mass is 19.4. The van der Waals surface area contributed by atoms with Gasteiger partial charge in [0.15, 0.2) is 5.82 Å². The van der Waals surface area contributed by atoms with Crippen LogP contribution in [-0.4, -0.2) is 21.1 Å².